The average molecular weight is 344 g/mol. The van der Waals surface area contributed by atoms with Crippen LogP contribution in [0.3, 0.4) is 0 Å². The van der Waals surface area contributed by atoms with Crippen molar-refractivity contribution in [1.82, 2.24) is 14.5 Å². The predicted molar refractivity (Wildman–Crippen MR) is 104 cm³/mol. The molecule has 4 nitrogen and oxygen atoms in total. The largest absolute Gasteiger partial charge is 0.389 e. The number of imidazole rings is 1. The molecular weight excluding hydrogens is 328 g/mol. The first-order chi connectivity index (χ1) is 12.2. The number of aromatic nitrogens is 3. The third-order valence-corrected chi connectivity index (χ3v) is 4.38. The molecule has 122 valence electrons. The standard InChI is InChI=1S/C20H16N4S/c21-19(25)16-5-3-4-14(12-16)13-24-18-7-2-1-6-17(18)23-20(24)15-8-10-22-11-9-15/h1-12H,13H2,(H2,21,25). The van der Waals surface area contributed by atoms with Gasteiger partial charge in [-0.1, -0.05) is 42.5 Å². The molecule has 2 N–H and O–H groups in total. The Bertz CT molecular complexity index is 1050. The first-order valence-electron chi connectivity index (χ1n) is 7.97. The molecule has 2 aromatic heterocycles. The van der Waals surface area contributed by atoms with Crippen LogP contribution in [-0.4, -0.2) is 19.5 Å². The van der Waals surface area contributed by atoms with Gasteiger partial charge in [0.25, 0.3) is 0 Å². The SMILES string of the molecule is NC(=S)c1cccc(Cn2c(-c3ccncc3)nc3ccccc32)c1. The van der Waals surface area contributed by atoms with Gasteiger partial charge in [-0.15, -0.1) is 0 Å². The minimum absolute atomic E-state index is 0.409. The average Bonchev–Trinajstić information content (AvgIpc) is 3.01. The molecule has 4 aromatic rings. The number of benzene rings is 2. The molecule has 0 radical (unpaired) electrons. The van der Waals surface area contributed by atoms with E-state index in [2.05, 4.69) is 21.7 Å². The maximum Gasteiger partial charge on any atom is 0.141 e. The summed E-state index contributed by atoms with van der Waals surface area (Å²) < 4.78 is 2.21. The molecule has 0 aliphatic carbocycles. The molecule has 0 bridgehead atoms. The van der Waals surface area contributed by atoms with Gasteiger partial charge in [0.2, 0.25) is 0 Å². The highest BCUT2D eigenvalue weighted by molar-refractivity contribution is 7.80. The maximum atomic E-state index is 5.77. The molecule has 4 rings (SSSR count). The van der Waals surface area contributed by atoms with Gasteiger partial charge in [-0.2, -0.15) is 0 Å². The van der Waals surface area contributed by atoms with Gasteiger partial charge >= 0.3 is 0 Å². The lowest BCUT2D eigenvalue weighted by Gasteiger charge is -2.10. The Hall–Kier alpha value is -3.05. The van der Waals surface area contributed by atoms with E-state index >= 15 is 0 Å². The van der Waals surface area contributed by atoms with Gasteiger partial charge in [-0.25, -0.2) is 4.98 Å². The van der Waals surface area contributed by atoms with E-state index in [4.69, 9.17) is 22.9 Å². The summed E-state index contributed by atoms with van der Waals surface area (Å²) in [7, 11) is 0. The molecule has 2 aromatic carbocycles. The van der Waals surface area contributed by atoms with Gasteiger partial charge in [0.15, 0.2) is 0 Å². The van der Waals surface area contributed by atoms with Crippen LogP contribution in [0.1, 0.15) is 11.1 Å². The van der Waals surface area contributed by atoms with Crippen molar-refractivity contribution < 1.29 is 0 Å². The van der Waals surface area contributed by atoms with Crippen molar-refractivity contribution in [3.05, 3.63) is 84.2 Å². The third kappa shape index (κ3) is 3.02. The lowest BCUT2D eigenvalue weighted by Crippen LogP contribution is -2.10. The molecule has 25 heavy (non-hydrogen) atoms. The van der Waals surface area contributed by atoms with E-state index in [0.717, 1.165) is 33.5 Å². The van der Waals surface area contributed by atoms with Crippen LogP contribution in [0.4, 0.5) is 0 Å². The van der Waals surface area contributed by atoms with Crippen molar-refractivity contribution >= 4 is 28.2 Å². The van der Waals surface area contributed by atoms with Crippen LogP contribution in [0.5, 0.6) is 0 Å². The molecule has 2 heterocycles. The van der Waals surface area contributed by atoms with Crippen molar-refractivity contribution in [3.8, 4) is 11.4 Å². The van der Waals surface area contributed by atoms with E-state index in [1.165, 1.54) is 0 Å². The topological polar surface area (TPSA) is 56.7 Å². The molecule has 0 spiro atoms. The lowest BCUT2D eigenvalue weighted by molar-refractivity contribution is 0.834. The normalized spacial score (nSPS) is 10.9. The summed E-state index contributed by atoms with van der Waals surface area (Å²) >= 11 is 5.10. The van der Waals surface area contributed by atoms with Crippen LogP contribution in [-0.2, 0) is 6.54 Å². The zero-order chi connectivity index (χ0) is 17.2. The second-order valence-electron chi connectivity index (χ2n) is 5.81. The second kappa shape index (κ2) is 6.45. The summed E-state index contributed by atoms with van der Waals surface area (Å²) in [5, 5.41) is 0. The zero-order valence-corrected chi connectivity index (χ0v) is 14.3. The molecule has 0 aliphatic rings. The first kappa shape index (κ1) is 15.5. The fourth-order valence-electron chi connectivity index (χ4n) is 2.96. The summed E-state index contributed by atoms with van der Waals surface area (Å²) in [4.78, 5) is 9.33. The quantitative estimate of drug-likeness (QED) is 0.573. The van der Waals surface area contributed by atoms with Crippen molar-refractivity contribution in [3.63, 3.8) is 0 Å². The van der Waals surface area contributed by atoms with E-state index in [0.29, 0.717) is 11.5 Å². The number of fused-ring (bicyclic) bond motifs is 1. The van der Waals surface area contributed by atoms with E-state index in [-0.39, 0.29) is 0 Å². The fraction of sp³-hybridized carbons (Fsp3) is 0.0500. The number of hydrogen-bond donors (Lipinski definition) is 1. The number of nitrogens with two attached hydrogens (primary N) is 1. The monoisotopic (exact) mass is 344 g/mol. The van der Waals surface area contributed by atoms with Crippen molar-refractivity contribution in [1.29, 1.82) is 0 Å². The second-order valence-corrected chi connectivity index (χ2v) is 6.25. The van der Waals surface area contributed by atoms with Gasteiger partial charge in [-0.3, -0.25) is 4.98 Å². The Kier molecular flexibility index (Phi) is 3.99. The number of pyridine rings is 1. The number of thiocarbonyl (C=S) groups is 1. The van der Waals surface area contributed by atoms with Crippen LogP contribution in [0.15, 0.2) is 73.1 Å². The van der Waals surface area contributed by atoms with Crippen LogP contribution >= 0.6 is 12.2 Å². The third-order valence-electron chi connectivity index (χ3n) is 4.15. The van der Waals surface area contributed by atoms with Gasteiger partial charge in [0.1, 0.15) is 10.8 Å². The zero-order valence-electron chi connectivity index (χ0n) is 13.5. The van der Waals surface area contributed by atoms with Gasteiger partial charge in [-0.05, 0) is 35.9 Å². The molecule has 0 aliphatic heterocycles. The number of nitrogens with zero attached hydrogens (tertiary/aromatic N) is 3. The summed E-state index contributed by atoms with van der Waals surface area (Å²) in [6.45, 7) is 0.689. The molecule has 5 heteroatoms. The van der Waals surface area contributed by atoms with Crippen molar-refractivity contribution in [2.75, 3.05) is 0 Å². The molecule has 0 saturated carbocycles. The Morgan fingerprint density at radius 2 is 1.80 bits per heavy atom. The van der Waals surface area contributed by atoms with E-state index in [9.17, 15) is 0 Å². The minimum atomic E-state index is 0.409. The van der Waals surface area contributed by atoms with Crippen LogP contribution < -0.4 is 5.73 Å². The number of rotatable bonds is 4. The smallest absolute Gasteiger partial charge is 0.141 e. The Morgan fingerprint density at radius 3 is 2.60 bits per heavy atom. The Morgan fingerprint density at radius 1 is 1.00 bits per heavy atom. The Balaban J connectivity index is 1.86. The maximum absolute atomic E-state index is 5.77. The summed E-state index contributed by atoms with van der Waals surface area (Å²) in [5.41, 5.74) is 10.9. The van der Waals surface area contributed by atoms with Gasteiger partial charge < -0.3 is 10.3 Å². The van der Waals surface area contributed by atoms with Crippen molar-refractivity contribution in [2.24, 2.45) is 5.73 Å². The number of hydrogen-bond acceptors (Lipinski definition) is 3. The highest BCUT2D eigenvalue weighted by Crippen LogP contribution is 2.25. The molecule has 0 unspecified atom stereocenters. The number of para-hydroxylation sites is 2. The van der Waals surface area contributed by atoms with Gasteiger partial charge in [0.05, 0.1) is 11.0 Å². The van der Waals surface area contributed by atoms with E-state index in [1.54, 1.807) is 12.4 Å². The molecule has 0 saturated heterocycles. The fourth-order valence-corrected chi connectivity index (χ4v) is 3.09. The highest BCUT2D eigenvalue weighted by Gasteiger charge is 2.13. The van der Waals surface area contributed by atoms with E-state index in [1.807, 2.05) is 48.5 Å². The Labute approximate surface area is 151 Å². The molecule has 0 amide bonds. The summed E-state index contributed by atoms with van der Waals surface area (Å²) in [5.74, 6) is 0.921. The van der Waals surface area contributed by atoms with Crippen LogP contribution in [0.25, 0.3) is 22.4 Å². The van der Waals surface area contributed by atoms with Crippen molar-refractivity contribution in [2.45, 2.75) is 6.54 Å². The first-order valence-corrected chi connectivity index (χ1v) is 8.37. The highest BCUT2D eigenvalue weighted by atomic mass is 32.1. The lowest BCUT2D eigenvalue weighted by atomic mass is 10.1. The molecule has 0 fully saturated rings. The minimum Gasteiger partial charge on any atom is -0.389 e. The van der Waals surface area contributed by atoms with E-state index < -0.39 is 0 Å². The van der Waals surface area contributed by atoms with Crippen LogP contribution in [0, 0.1) is 0 Å². The molecular formula is C20H16N4S. The van der Waals surface area contributed by atoms with Gasteiger partial charge in [0, 0.05) is 30.1 Å². The summed E-state index contributed by atoms with van der Waals surface area (Å²) in [6, 6.07) is 20.1. The van der Waals surface area contributed by atoms with Crippen LogP contribution in [0.2, 0.25) is 0 Å². The summed E-state index contributed by atoms with van der Waals surface area (Å²) in [6.07, 6.45) is 3.57. The molecule has 0 atom stereocenters. The predicted octanol–water partition coefficient (Wildman–Crippen LogP) is 3.78.